The summed E-state index contributed by atoms with van der Waals surface area (Å²) in [4.78, 5) is 17.7. The lowest BCUT2D eigenvalue weighted by atomic mass is 10.2. The van der Waals surface area contributed by atoms with Crippen LogP contribution in [0.25, 0.3) is 5.00 Å². The monoisotopic (exact) mass is 400 g/mol. The van der Waals surface area contributed by atoms with E-state index >= 15 is 0 Å². The van der Waals surface area contributed by atoms with E-state index in [1.165, 1.54) is 28.0 Å². The molecule has 1 N–H and O–H groups in total. The van der Waals surface area contributed by atoms with E-state index in [-0.39, 0.29) is 5.91 Å². The topological polar surface area (TPSA) is 85.6 Å². The van der Waals surface area contributed by atoms with Crippen LogP contribution in [-0.4, -0.2) is 31.1 Å². The molecule has 0 aliphatic rings. The van der Waals surface area contributed by atoms with Crippen molar-refractivity contribution in [3.05, 3.63) is 59.1 Å². The Bertz CT molecular complexity index is 1040. The van der Waals surface area contributed by atoms with Crippen LogP contribution in [0.1, 0.15) is 15.2 Å². The van der Waals surface area contributed by atoms with Crippen LogP contribution in [0.5, 0.6) is 0 Å². The second-order valence-electron chi connectivity index (χ2n) is 5.17. The van der Waals surface area contributed by atoms with Gasteiger partial charge in [0, 0.05) is 10.4 Å². The molecule has 0 unspecified atom stereocenters. The first-order valence-electron chi connectivity index (χ1n) is 7.54. The molecule has 7 nitrogen and oxygen atoms in total. The summed E-state index contributed by atoms with van der Waals surface area (Å²) in [5, 5.41) is 17.0. The quantitative estimate of drug-likeness (QED) is 0.547. The predicted molar refractivity (Wildman–Crippen MR) is 102 cm³/mol. The first-order chi connectivity index (χ1) is 12.7. The normalized spacial score (nSPS) is 10.8. The number of rotatable bonds is 5. The van der Waals surface area contributed by atoms with Crippen LogP contribution in [0, 0.1) is 6.92 Å². The fraction of sp³-hybridized carbons (Fsp3) is 0.0625. The molecule has 3 heterocycles. The van der Waals surface area contributed by atoms with Gasteiger partial charge in [-0.2, -0.15) is 4.68 Å². The highest BCUT2D eigenvalue weighted by atomic mass is 32.2. The van der Waals surface area contributed by atoms with Crippen molar-refractivity contribution < 1.29 is 4.79 Å². The van der Waals surface area contributed by atoms with Crippen LogP contribution >= 0.6 is 34.4 Å². The van der Waals surface area contributed by atoms with Gasteiger partial charge in [0.05, 0.1) is 6.20 Å². The maximum absolute atomic E-state index is 12.2. The zero-order valence-corrected chi connectivity index (χ0v) is 15.9. The van der Waals surface area contributed by atoms with Crippen molar-refractivity contribution in [3.63, 3.8) is 0 Å². The summed E-state index contributed by atoms with van der Waals surface area (Å²) < 4.78 is 2.43. The molecule has 0 atom stereocenters. The standard InChI is InChI=1S/C16H12N6OS3/c1-10-7-8-13(24-10)22-15(19-20-21-22)26-16-17-9-12(25-16)18-14(23)11-5-3-2-4-6-11/h2-9H,1H3,(H,18,23). The third-order valence-electron chi connectivity index (χ3n) is 3.31. The minimum absolute atomic E-state index is 0.162. The minimum atomic E-state index is -0.162. The Balaban J connectivity index is 1.48. The molecule has 0 aliphatic carbocycles. The number of carbonyl (C=O) groups excluding carboxylic acids is 1. The average molecular weight is 401 g/mol. The molecule has 4 aromatic rings. The van der Waals surface area contributed by atoms with Gasteiger partial charge in [-0.3, -0.25) is 4.79 Å². The van der Waals surface area contributed by atoms with Crippen LogP contribution in [0.2, 0.25) is 0 Å². The zero-order chi connectivity index (χ0) is 17.9. The smallest absolute Gasteiger partial charge is 0.256 e. The number of nitrogens with one attached hydrogen (secondary N) is 1. The summed E-state index contributed by atoms with van der Waals surface area (Å²) in [7, 11) is 0. The summed E-state index contributed by atoms with van der Waals surface area (Å²) in [5.74, 6) is -0.162. The number of benzene rings is 1. The predicted octanol–water partition coefficient (Wildman–Crippen LogP) is 3.89. The van der Waals surface area contributed by atoms with Crippen molar-refractivity contribution in [2.45, 2.75) is 16.4 Å². The molecule has 0 fully saturated rings. The lowest BCUT2D eigenvalue weighted by Crippen LogP contribution is -2.10. The fourth-order valence-electron chi connectivity index (χ4n) is 2.13. The van der Waals surface area contributed by atoms with Gasteiger partial charge in [-0.15, -0.1) is 16.4 Å². The van der Waals surface area contributed by atoms with Gasteiger partial charge >= 0.3 is 0 Å². The van der Waals surface area contributed by atoms with Gasteiger partial charge < -0.3 is 5.32 Å². The summed E-state index contributed by atoms with van der Waals surface area (Å²) in [6.45, 7) is 2.04. The van der Waals surface area contributed by atoms with Crippen LogP contribution in [0.4, 0.5) is 5.00 Å². The molecule has 4 rings (SSSR count). The lowest BCUT2D eigenvalue weighted by molar-refractivity contribution is 0.102. The highest BCUT2D eigenvalue weighted by Gasteiger charge is 2.15. The molecule has 3 aromatic heterocycles. The highest BCUT2D eigenvalue weighted by Crippen LogP contribution is 2.33. The van der Waals surface area contributed by atoms with Gasteiger partial charge in [-0.1, -0.05) is 29.5 Å². The Morgan fingerprint density at radius 2 is 2.00 bits per heavy atom. The van der Waals surface area contributed by atoms with E-state index in [4.69, 9.17) is 0 Å². The molecule has 10 heteroatoms. The number of amides is 1. The largest absolute Gasteiger partial charge is 0.312 e. The molecule has 0 bridgehead atoms. The molecule has 1 aromatic carbocycles. The second kappa shape index (κ2) is 7.36. The summed E-state index contributed by atoms with van der Waals surface area (Å²) >= 11 is 4.35. The van der Waals surface area contributed by atoms with E-state index in [1.807, 2.05) is 37.3 Å². The van der Waals surface area contributed by atoms with Crippen molar-refractivity contribution in [2.75, 3.05) is 5.32 Å². The van der Waals surface area contributed by atoms with E-state index < -0.39 is 0 Å². The molecular weight excluding hydrogens is 388 g/mol. The molecule has 0 saturated heterocycles. The number of aromatic nitrogens is 5. The molecule has 130 valence electrons. The van der Waals surface area contributed by atoms with E-state index in [2.05, 4.69) is 25.8 Å². The van der Waals surface area contributed by atoms with E-state index in [9.17, 15) is 4.79 Å². The zero-order valence-electron chi connectivity index (χ0n) is 13.5. The Morgan fingerprint density at radius 3 is 2.77 bits per heavy atom. The fourth-order valence-corrected chi connectivity index (χ4v) is 4.76. The van der Waals surface area contributed by atoms with Crippen molar-refractivity contribution in [2.24, 2.45) is 0 Å². The van der Waals surface area contributed by atoms with Crippen molar-refractivity contribution in [3.8, 4) is 5.00 Å². The number of anilines is 1. The molecule has 26 heavy (non-hydrogen) atoms. The minimum Gasteiger partial charge on any atom is -0.312 e. The number of aryl methyl sites for hydroxylation is 1. The first kappa shape index (κ1) is 16.9. The van der Waals surface area contributed by atoms with Gasteiger partial charge in [-0.05, 0) is 53.4 Å². The third-order valence-corrected chi connectivity index (χ3v) is 6.21. The van der Waals surface area contributed by atoms with Gasteiger partial charge in [0.1, 0.15) is 10.0 Å². The Labute approximate surface area is 161 Å². The van der Waals surface area contributed by atoms with Gasteiger partial charge in [0.15, 0.2) is 4.34 Å². The number of hydrogen-bond acceptors (Lipinski definition) is 8. The number of thiazole rings is 1. The molecular formula is C16H12N6OS3. The Hall–Kier alpha value is -2.56. The van der Waals surface area contributed by atoms with Gasteiger partial charge in [-0.25, -0.2) is 4.98 Å². The highest BCUT2D eigenvalue weighted by molar-refractivity contribution is 8.01. The van der Waals surface area contributed by atoms with E-state index in [0.29, 0.717) is 15.7 Å². The van der Waals surface area contributed by atoms with Gasteiger partial charge in [0.25, 0.3) is 5.91 Å². The van der Waals surface area contributed by atoms with Crippen molar-refractivity contribution in [1.29, 1.82) is 0 Å². The number of carbonyl (C=O) groups is 1. The van der Waals surface area contributed by atoms with Crippen LogP contribution in [-0.2, 0) is 0 Å². The molecule has 0 radical (unpaired) electrons. The first-order valence-corrected chi connectivity index (χ1v) is 9.99. The Kier molecular flexibility index (Phi) is 4.78. The van der Waals surface area contributed by atoms with E-state index in [0.717, 1.165) is 9.34 Å². The maximum atomic E-state index is 12.2. The number of thiophene rings is 1. The maximum Gasteiger partial charge on any atom is 0.256 e. The van der Waals surface area contributed by atoms with Gasteiger partial charge in [0.2, 0.25) is 5.16 Å². The number of tetrazole rings is 1. The lowest BCUT2D eigenvalue weighted by Gasteiger charge is -2.01. The molecule has 0 saturated carbocycles. The van der Waals surface area contributed by atoms with Crippen LogP contribution in [0.15, 0.2) is 58.2 Å². The number of nitrogens with zero attached hydrogens (tertiary/aromatic N) is 5. The average Bonchev–Trinajstić information content (AvgIpc) is 3.38. The van der Waals surface area contributed by atoms with E-state index in [1.54, 1.807) is 34.3 Å². The molecule has 0 aliphatic heterocycles. The summed E-state index contributed by atoms with van der Waals surface area (Å²) in [6.07, 6.45) is 1.64. The molecule has 1 amide bonds. The van der Waals surface area contributed by atoms with Crippen LogP contribution in [0.3, 0.4) is 0 Å². The number of hydrogen-bond donors (Lipinski definition) is 1. The second-order valence-corrected chi connectivity index (χ2v) is 8.68. The SMILES string of the molecule is Cc1ccc(-n2nnnc2Sc2ncc(NC(=O)c3ccccc3)s2)s1. The summed E-state index contributed by atoms with van der Waals surface area (Å²) in [6, 6.07) is 13.1. The Morgan fingerprint density at radius 1 is 1.15 bits per heavy atom. The summed E-state index contributed by atoms with van der Waals surface area (Å²) in [5.41, 5.74) is 0.604. The van der Waals surface area contributed by atoms with Crippen LogP contribution < -0.4 is 5.32 Å². The molecule has 0 spiro atoms. The van der Waals surface area contributed by atoms with Crippen molar-refractivity contribution >= 4 is 45.3 Å². The van der Waals surface area contributed by atoms with Crippen molar-refractivity contribution in [1.82, 2.24) is 25.2 Å². The third kappa shape index (κ3) is 3.66.